The number of nitrogens with zero attached hydrogens (tertiary/aromatic N) is 1. The number of likely N-dealkylation sites (tertiary alicyclic amines) is 1. The van der Waals surface area contributed by atoms with Gasteiger partial charge >= 0.3 is 0 Å². The predicted octanol–water partition coefficient (Wildman–Crippen LogP) is 2.38. The summed E-state index contributed by atoms with van der Waals surface area (Å²) < 4.78 is 0. The van der Waals surface area contributed by atoms with E-state index in [1.807, 2.05) is 13.0 Å². The Morgan fingerprint density at radius 1 is 1.37 bits per heavy atom. The Bertz CT molecular complexity index is 498. The monoisotopic (exact) mass is 258 g/mol. The molecule has 1 fully saturated rings. The first-order valence-corrected chi connectivity index (χ1v) is 7.35. The smallest absolute Gasteiger partial charge is 0.222 e. The van der Waals surface area contributed by atoms with Crippen LogP contribution in [-0.4, -0.2) is 23.4 Å². The second kappa shape index (κ2) is 4.87. The van der Waals surface area contributed by atoms with Crippen molar-refractivity contribution in [3.63, 3.8) is 0 Å². The molecule has 0 saturated carbocycles. The van der Waals surface area contributed by atoms with Gasteiger partial charge in [0.05, 0.1) is 0 Å². The molecule has 2 aliphatic rings. The molecule has 3 rings (SSSR count). The standard InChI is InChI=1S/C16H22N2O/c1-2-16(19)18-7-3-4-12-8-13-9-14(17)6-5-11(13)10-15(12)18/h5-6,9,12,15H,2-4,7-8,10,17H2,1H3. The van der Waals surface area contributed by atoms with Crippen LogP contribution in [0.2, 0.25) is 0 Å². The summed E-state index contributed by atoms with van der Waals surface area (Å²) in [4.78, 5) is 14.2. The zero-order valence-electron chi connectivity index (χ0n) is 11.6. The van der Waals surface area contributed by atoms with Gasteiger partial charge in [-0.15, -0.1) is 0 Å². The highest BCUT2D eigenvalue weighted by atomic mass is 16.2. The molecule has 1 aliphatic carbocycles. The molecule has 3 heteroatoms. The number of nitrogens with two attached hydrogens (primary N) is 1. The predicted molar refractivity (Wildman–Crippen MR) is 76.8 cm³/mol. The fraction of sp³-hybridized carbons (Fsp3) is 0.562. The van der Waals surface area contributed by atoms with E-state index in [1.165, 1.54) is 17.5 Å². The van der Waals surface area contributed by atoms with Crippen LogP contribution < -0.4 is 5.73 Å². The van der Waals surface area contributed by atoms with Crippen molar-refractivity contribution in [2.45, 2.75) is 45.1 Å². The summed E-state index contributed by atoms with van der Waals surface area (Å²) in [6.45, 7) is 2.90. The largest absolute Gasteiger partial charge is 0.399 e. The first kappa shape index (κ1) is 12.5. The summed E-state index contributed by atoms with van der Waals surface area (Å²) in [5.74, 6) is 0.937. The number of anilines is 1. The first-order chi connectivity index (χ1) is 9.19. The molecular formula is C16H22N2O. The summed E-state index contributed by atoms with van der Waals surface area (Å²) in [6, 6.07) is 6.65. The normalized spacial score (nSPS) is 25.6. The minimum atomic E-state index is 0.314. The van der Waals surface area contributed by atoms with Gasteiger partial charge in [0.15, 0.2) is 0 Å². The Labute approximate surface area is 114 Å². The highest BCUT2D eigenvalue weighted by Gasteiger charge is 2.36. The molecule has 0 radical (unpaired) electrons. The Morgan fingerprint density at radius 3 is 3.00 bits per heavy atom. The summed E-state index contributed by atoms with van der Waals surface area (Å²) in [5, 5.41) is 0. The lowest BCUT2D eigenvalue weighted by molar-refractivity contribution is -0.136. The third kappa shape index (κ3) is 2.22. The molecule has 2 atom stereocenters. The summed E-state index contributed by atoms with van der Waals surface area (Å²) >= 11 is 0. The Balaban J connectivity index is 1.89. The minimum Gasteiger partial charge on any atom is -0.399 e. The van der Waals surface area contributed by atoms with Crippen molar-refractivity contribution in [3.05, 3.63) is 29.3 Å². The lowest BCUT2D eigenvalue weighted by atomic mass is 9.75. The fourth-order valence-electron chi connectivity index (χ4n) is 3.71. The van der Waals surface area contributed by atoms with Crippen LogP contribution in [0.5, 0.6) is 0 Å². The maximum Gasteiger partial charge on any atom is 0.222 e. The van der Waals surface area contributed by atoms with Crippen molar-refractivity contribution in [2.24, 2.45) is 5.92 Å². The van der Waals surface area contributed by atoms with Gasteiger partial charge in [0.2, 0.25) is 5.91 Å². The van der Waals surface area contributed by atoms with Crippen LogP contribution in [0.1, 0.15) is 37.3 Å². The number of benzene rings is 1. The average Bonchev–Trinajstić information content (AvgIpc) is 2.43. The van der Waals surface area contributed by atoms with Crippen LogP contribution in [0.4, 0.5) is 5.69 Å². The molecule has 0 bridgehead atoms. The number of hydrogen-bond donors (Lipinski definition) is 1. The molecule has 0 spiro atoms. The molecule has 1 heterocycles. The zero-order valence-corrected chi connectivity index (χ0v) is 11.6. The Morgan fingerprint density at radius 2 is 2.21 bits per heavy atom. The number of carbonyl (C=O) groups is 1. The van der Waals surface area contributed by atoms with Crippen molar-refractivity contribution in [1.82, 2.24) is 4.90 Å². The van der Waals surface area contributed by atoms with E-state index in [2.05, 4.69) is 17.0 Å². The van der Waals surface area contributed by atoms with Gasteiger partial charge in [-0.1, -0.05) is 13.0 Å². The third-order valence-corrected chi connectivity index (χ3v) is 4.68. The molecule has 1 aliphatic heterocycles. The number of fused-ring (bicyclic) bond motifs is 2. The van der Waals surface area contributed by atoms with Gasteiger partial charge in [-0.05, 0) is 54.9 Å². The molecule has 2 N–H and O–H groups in total. The summed E-state index contributed by atoms with van der Waals surface area (Å²) in [7, 11) is 0. The van der Waals surface area contributed by atoms with Crippen LogP contribution in [0.3, 0.4) is 0 Å². The van der Waals surface area contributed by atoms with Crippen LogP contribution in [0.25, 0.3) is 0 Å². The van der Waals surface area contributed by atoms with Crippen molar-refractivity contribution < 1.29 is 4.79 Å². The highest BCUT2D eigenvalue weighted by Crippen LogP contribution is 2.35. The van der Waals surface area contributed by atoms with E-state index >= 15 is 0 Å². The first-order valence-electron chi connectivity index (χ1n) is 7.35. The molecule has 1 amide bonds. The minimum absolute atomic E-state index is 0.314. The molecule has 1 saturated heterocycles. The van der Waals surface area contributed by atoms with Gasteiger partial charge in [-0.3, -0.25) is 4.79 Å². The van der Waals surface area contributed by atoms with Crippen molar-refractivity contribution >= 4 is 11.6 Å². The molecule has 1 aromatic carbocycles. The fourth-order valence-corrected chi connectivity index (χ4v) is 3.71. The van der Waals surface area contributed by atoms with E-state index in [0.29, 0.717) is 24.3 Å². The Kier molecular flexibility index (Phi) is 3.21. The molecule has 2 unspecified atom stereocenters. The number of carbonyl (C=O) groups excluding carboxylic acids is 1. The maximum absolute atomic E-state index is 12.1. The van der Waals surface area contributed by atoms with Gasteiger partial charge in [0, 0.05) is 24.7 Å². The number of amides is 1. The van der Waals surface area contributed by atoms with Crippen LogP contribution in [0.15, 0.2) is 18.2 Å². The number of piperidine rings is 1. The quantitative estimate of drug-likeness (QED) is 0.786. The number of nitrogen functional groups attached to an aromatic ring is 1. The van der Waals surface area contributed by atoms with Crippen LogP contribution in [0, 0.1) is 5.92 Å². The van der Waals surface area contributed by atoms with Crippen molar-refractivity contribution in [2.75, 3.05) is 12.3 Å². The second-order valence-corrected chi connectivity index (χ2v) is 5.85. The van der Waals surface area contributed by atoms with Gasteiger partial charge in [0.25, 0.3) is 0 Å². The molecule has 1 aromatic rings. The van der Waals surface area contributed by atoms with E-state index in [9.17, 15) is 4.79 Å². The van der Waals surface area contributed by atoms with Gasteiger partial charge in [-0.25, -0.2) is 0 Å². The Hall–Kier alpha value is -1.51. The lowest BCUT2D eigenvalue weighted by Gasteiger charge is -2.44. The van der Waals surface area contributed by atoms with Crippen molar-refractivity contribution in [1.29, 1.82) is 0 Å². The van der Waals surface area contributed by atoms with E-state index in [1.54, 1.807) is 0 Å². The maximum atomic E-state index is 12.1. The van der Waals surface area contributed by atoms with E-state index in [4.69, 9.17) is 5.73 Å². The van der Waals surface area contributed by atoms with Gasteiger partial charge in [-0.2, -0.15) is 0 Å². The average molecular weight is 258 g/mol. The second-order valence-electron chi connectivity index (χ2n) is 5.85. The SMILES string of the molecule is CCC(=O)N1CCCC2Cc3cc(N)ccc3CC21. The lowest BCUT2D eigenvalue weighted by Crippen LogP contribution is -2.51. The molecule has 102 valence electrons. The molecular weight excluding hydrogens is 236 g/mol. The van der Waals surface area contributed by atoms with Crippen LogP contribution in [-0.2, 0) is 17.6 Å². The topological polar surface area (TPSA) is 46.3 Å². The molecule has 3 nitrogen and oxygen atoms in total. The highest BCUT2D eigenvalue weighted by molar-refractivity contribution is 5.76. The summed E-state index contributed by atoms with van der Waals surface area (Å²) in [5.41, 5.74) is 9.51. The number of rotatable bonds is 1. The molecule has 19 heavy (non-hydrogen) atoms. The zero-order chi connectivity index (χ0) is 13.4. The van der Waals surface area contributed by atoms with E-state index in [0.717, 1.165) is 31.5 Å². The molecule has 0 aromatic heterocycles. The van der Waals surface area contributed by atoms with Gasteiger partial charge in [0.1, 0.15) is 0 Å². The van der Waals surface area contributed by atoms with E-state index in [-0.39, 0.29) is 0 Å². The number of hydrogen-bond acceptors (Lipinski definition) is 2. The van der Waals surface area contributed by atoms with Crippen molar-refractivity contribution in [3.8, 4) is 0 Å². The van der Waals surface area contributed by atoms with E-state index < -0.39 is 0 Å². The van der Waals surface area contributed by atoms with Crippen LogP contribution >= 0.6 is 0 Å². The summed E-state index contributed by atoms with van der Waals surface area (Å²) in [6.07, 6.45) is 5.10. The third-order valence-electron chi connectivity index (χ3n) is 4.68. The van der Waals surface area contributed by atoms with Gasteiger partial charge < -0.3 is 10.6 Å².